The Balaban J connectivity index is 1.99. The third-order valence-corrected chi connectivity index (χ3v) is 2.88. The van der Waals surface area contributed by atoms with Gasteiger partial charge in [-0.1, -0.05) is 12.5 Å². The average Bonchev–Trinajstić information content (AvgIpc) is 2.33. The van der Waals surface area contributed by atoms with Gasteiger partial charge in [-0.15, -0.1) is 0 Å². The Morgan fingerprint density at radius 2 is 2.44 bits per heavy atom. The Hall–Kier alpha value is -1.42. The van der Waals surface area contributed by atoms with Crippen LogP contribution in [0.2, 0.25) is 0 Å². The van der Waals surface area contributed by atoms with Gasteiger partial charge in [0.1, 0.15) is 5.82 Å². The van der Waals surface area contributed by atoms with Gasteiger partial charge in [0, 0.05) is 6.20 Å². The Morgan fingerprint density at radius 3 is 3.12 bits per heavy atom. The molecule has 4 heteroatoms. The van der Waals surface area contributed by atoms with Gasteiger partial charge < -0.3 is 10.6 Å². The third-order valence-electron chi connectivity index (χ3n) is 2.88. The molecule has 0 bridgehead atoms. The van der Waals surface area contributed by atoms with Crippen molar-refractivity contribution >= 4 is 11.7 Å². The van der Waals surface area contributed by atoms with Crippen molar-refractivity contribution in [2.75, 3.05) is 11.9 Å². The SMILES string of the molecule is Cc1cccnc1NC(=O)[C@H]1CCCCN1. The molecule has 4 nitrogen and oxygen atoms in total. The van der Waals surface area contributed by atoms with Gasteiger partial charge in [0.25, 0.3) is 0 Å². The normalized spacial score (nSPS) is 20.4. The standard InChI is InChI=1S/C12H17N3O/c1-9-5-4-8-14-11(9)15-12(16)10-6-2-3-7-13-10/h4-5,8,10,13H,2-3,6-7H2,1H3,(H,14,15,16)/t10-/m1/s1. The molecule has 1 amide bonds. The van der Waals surface area contributed by atoms with Crippen LogP contribution in [0.5, 0.6) is 0 Å². The molecule has 0 radical (unpaired) electrons. The van der Waals surface area contributed by atoms with E-state index in [9.17, 15) is 4.79 Å². The highest BCUT2D eigenvalue weighted by Crippen LogP contribution is 2.12. The average molecular weight is 219 g/mol. The number of nitrogens with zero attached hydrogens (tertiary/aromatic N) is 1. The molecule has 0 aromatic carbocycles. The van der Waals surface area contributed by atoms with Crippen molar-refractivity contribution in [1.82, 2.24) is 10.3 Å². The first-order valence-corrected chi connectivity index (χ1v) is 5.73. The van der Waals surface area contributed by atoms with Crippen LogP contribution in [-0.4, -0.2) is 23.5 Å². The number of anilines is 1. The molecule has 0 saturated carbocycles. The van der Waals surface area contributed by atoms with Crippen molar-refractivity contribution in [3.8, 4) is 0 Å². The van der Waals surface area contributed by atoms with Gasteiger partial charge in [0.2, 0.25) is 5.91 Å². The predicted octanol–water partition coefficient (Wildman–Crippen LogP) is 1.47. The highest BCUT2D eigenvalue weighted by molar-refractivity contribution is 5.94. The smallest absolute Gasteiger partial charge is 0.242 e. The second kappa shape index (κ2) is 5.07. The first-order valence-electron chi connectivity index (χ1n) is 5.73. The largest absolute Gasteiger partial charge is 0.309 e. The molecule has 2 N–H and O–H groups in total. The minimum atomic E-state index is -0.0600. The monoisotopic (exact) mass is 219 g/mol. The van der Waals surface area contributed by atoms with Crippen LogP contribution >= 0.6 is 0 Å². The molecule has 1 aromatic rings. The molecular formula is C12H17N3O. The lowest BCUT2D eigenvalue weighted by Crippen LogP contribution is -2.43. The molecular weight excluding hydrogens is 202 g/mol. The number of carbonyl (C=O) groups excluding carboxylic acids is 1. The van der Waals surface area contributed by atoms with E-state index >= 15 is 0 Å². The van der Waals surface area contributed by atoms with Crippen LogP contribution in [0.1, 0.15) is 24.8 Å². The number of pyridine rings is 1. The molecule has 0 aliphatic carbocycles. The summed E-state index contributed by atoms with van der Waals surface area (Å²) in [6.45, 7) is 2.87. The maximum absolute atomic E-state index is 11.9. The van der Waals surface area contributed by atoms with Crippen molar-refractivity contribution in [2.24, 2.45) is 0 Å². The summed E-state index contributed by atoms with van der Waals surface area (Å²) in [4.78, 5) is 16.1. The molecule has 16 heavy (non-hydrogen) atoms. The highest BCUT2D eigenvalue weighted by atomic mass is 16.2. The predicted molar refractivity (Wildman–Crippen MR) is 63.2 cm³/mol. The lowest BCUT2D eigenvalue weighted by atomic mass is 10.0. The molecule has 1 atom stereocenters. The van der Waals surface area contributed by atoms with Gasteiger partial charge in [-0.2, -0.15) is 0 Å². The van der Waals surface area contributed by atoms with Gasteiger partial charge in [-0.3, -0.25) is 4.79 Å². The van der Waals surface area contributed by atoms with E-state index in [0.29, 0.717) is 5.82 Å². The summed E-state index contributed by atoms with van der Waals surface area (Å²) in [6, 6.07) is 3.75. The van der Waals surface area contributed by atoms with E-state index in [0.717, 1.165) is 31.4 Å². The lowest BCUT2D eigenvalue weighted by molar-refractivity contribution is -0.118. The van der Waals surface area contributed by atoms with E-state index in [2.05, 4.69) is 15.6 Å². The lowest BCUT2D eigenvalue weighted by Gasteiger charge is -2.22. The fourth-order valence-electron chi connectivity index (χ4n) is 1.90. The van der Waals surface area contributed by atoms with Crippen molar-refractivity contribution < 1.29 is 4.79 Å². The van der Waals surface area contributed by atoms with Crippen LogP contribution in [0.3, 0.4) is 0 Å². The van der Waals surface area contributed by atoms with E-state index in [1.54, 1.807) is 6.20 Å². The fourth-order valence-corrected chi connectivity index (χ4v) is 1.90. The molecule has 1 saturated heterocycles. The Kier molecular flexibility index (Phi) is 3.51. The van der Waals surface area contributed by atoms with Gasteiger partial charge in [-0.05, 0) is 37.9 Å². The maximum Gasteiger partial charge on any atom is 0.242 e. The molecule has 1 fully saturated rings. The quantitative estimate of drug-likeness (QED) is 0.792. The van der Waals surface area contributed by atoms with Crippen molar-refractivity contribution in [2.45, 2.75) is 32.2 Å². The van der Waals surface area contributed by atoms with Gasteiger partial charge in [0.15, 0.2) is 0 Å². The molecule has 1 aliphatic heterocycles. The van der Waals surface area contributed by atoms with Gasteiger partial charge in [-0.25, -0.2) is 4.98 Å². The number of carbonyl (C=O) groups is 1. The van der Waals surface area contributed by atoms with Crippen LogP contribution in [0.25, 0.3) is 0 Å². The number of rotatable bonds is 2. The summed E-state index contributed by atoms with van der Waals surface area (Å²) in [5, 5.41) is 6.09. The summed E-state index contributed by atoms with van der Waals surface area (Å²) in [5.74, 6) is 0.696. The number of nitrogens with one attached hydrogen (secondary N) is 2. The van der Waals surface area contributed by atoms with Gasteiger partial charge >= 0.3 is 0 Å². The van der Waals surface area contributed by atoms with Crippen LogP contribution in [0.4, 0.5) is 5.82 Å². The molecule has 2 rings (SSSR count). The summed E-state index contributed by atoms with van der Waals surface area (Å²) < 4.78 is 0. The van der Waals surface area contributed by atoms with Crippen LogP contribution in [-0.2, 0) is 4.79 Å². The van der Waals surface area contributed by atoms with Gasteiger partial charge in [0.05, 0.1) is 6.04 Å². The summed E-state index contributed by atoms with van der Waals surface area (Å²) in [5.41, 5.74) is 0.992. The second-order valence-electron chi connectivity index (χ2n) is 4.16. The number of aromatic nitrogens is 1. The zero-order valence-electron chi connectivity index (χ0n) is 9.49. The van der Waals surface area contributed by atoms with Crippen molar-refractivity contribution in [3.05, 3.63) is 23.9 Å². The van der Waals surface area contributed by atoms with E-state index in [-0.39, 0.29) is 11.9 Å². The minimum absolute atomic E-state index is 0.0292. The zero-order valence-corrected chi connectivity index (χ0v) is 9.49. The molecule has 0 spiro atoms. The highest BCUT2D eigenvalue weighted by Gasteiger charge is 2.20. The first-order chi connectivity index (χ1) is 7.77. The van der Waals surface area contributed by atoms with Crippen LogP contribution < -0.4 is 10.6 Å². The Bertz CT molecular complexity index is 372. The number of amides is 1. The molecule has 1 aromatic heterocycles. The van der Waals surface area contributed by atoms with E-state index in [4.69, 9.17) is 0 Å². The molecule has 2 heterocycles. The molecule has 1 aliphatic rings. The number of piperidine rings is 1. The zero-order chi connectivity index (χ0) is 11.4. The van der Waals surface area contributed by atoms with E-state index < -0.39 is 0 Å². The Labute approximate surface area is 95.5 Å². The summed E-state index contributed by atoms with van der Waals surface area (Å²) in [6.07, 6.45) is 4.88. The van der Waals surface area contributed by atoms with Crippen molar-refractivity contribution in [1.29, 1.82) is 0 Å². The number of aryl methyl sites for hydroxylation is 1. The van der Waals surface area contributed by atoms with Crippen molar-refractivity contribution in [3.63, 3.8) is 0 Å². The number of hydrogen-bond donors (Lipinski definition) is 2. The van der Waals surface area contributed by atoms with E-state index in [1.165, 1.54) is 0 Å². The molecule has 0 unspecified atom stereocenters. The maximum atomic E-state index is 11.9. The minimum Gasteiger partial charge on any atom is -0.309 e. The summed E-state index contributed by atoms with van der Waals surface area (Å²) in [7, 11) is 0. The van der Waals surface area contributed by atoms with Crippen LogP contribution in [0.15, 0.2) is 18.3 Å². The Morgan fingerprint density at radius 1 is 1.56 bits per heavy atom. The second-order valence-corrected chi connectivity index (χ2v) is 4.16. The summed E-state index contributed by atoms with van der Waals surface area (Å²) >= 11 is 0. The first kappa shape index (κ1) is 11.1. The van der Waals surface area contributed by atoms with Crippen LogP contribution in [0, 0.1) is 6.92 Å². The third kappa shape index (κ3) is 2.58. The van der Waals surface area contributed by atoms with E-state index in [1.807, 2.05) is 19.1 Å². The fraction of sp³-hybridized carbons (Fsp3) is 0.500. The topological polar surface area (TPSA) is 54.0 Å². The number of hydrogen-bond acceptors (Lipinski definition) is 3. The molecule has 86 valence electrons.